The Hall–Kier alpha value is -1.94. The smallest absolute Gasteiger partial charge is 0.462 e. The number of aliphatic hydroxyl groups excluding tert-OH is 1. The molecule has 0 aliphatic carbocycles. The van der Waals surface area contributed by atoms with Crippen molar-refractivity contribution >= 4 is 39.5 Å². The van der Waals surface area contributed by atoms with Crippen LogP contribution in [0.2, 0.25) is 0 Å². The molecule has 0 aromatic heterocycles. The van der Waals surface area contributed by atoms with E-state index >= 15 is 0 Å². The number of ether oxygens (including phenoxy) is 4. The lowest BCUT2D eigenvalue weighted by atomic mass is 9.99. The van der Waals surface area contributed by atoms with E-state index < -0.39 is 97.5 Å². The zero-order valence-corrected chi connectivity index (χ0v) is 58.8. The second-order valence-electron chi connectivity index (χ2n) is 25.6. The molecule has 0 rings (SSSR count). The number of esters is 4. The molecule has 0 saturated heterocycles. The Morgan fingerprint density at radius 1 is 0.330 bits per heavy atom. The Morgan fingerprint density at radius 3 is 0.864 bits per heavy atom. The van der Waals surface area contributed by atoms with Gasteiger partial charge in [0, 0.05) is 25.7 Å². The first-order chi connectivity index (χ1) is 42.4. The summed E-state index contributed by atoms with van der Waals surface area (Å²) in [5.74, 6) is -0.539. The maximum atomic E-state index is 13.0. The highest BCUT2D eigenvalue weighted by Crippen LogP contribution is 2.45. The van der Waals surface area contributed by atoms with Crippen molar-refractivity contribution in [3.63, 3.8) is 0 Å². The van der Waals surface area contributed by atoms with Crippen LogP contribution in [-0.4, -0.2) is 96.7 Å². The number of carbonyl (C=O) groups is 4. The number of unbranched alkanes of at least 4 members (excludes halogenated alkanes) is 37. The maximum Gasteiger partial charge on any atom is 0.472 e. The minimum absolute atomic E-state index is 0.106. The Morgan fingerprint density at radius 2 is 0.580 bits per heavy atom. The van der Waals surface area contributed by atoms with Crippen LogP contribution in [0.5, 0.6) is 0 Å². The molecule has 0 spiro atoms. The van der Waals surface area contributed by atoms with Gasteiger partial charge in [-0.25, -0.2) is 9.13 Å². The highest BCUT2D eigenvalue weighted by Gasteiger charge is 2.30. The summed E-state index contributed by atoms with van der Waals surface area (Å²) in [6.07, 6.45) is 45.8. The van der Waals surface area contributed by atoms with Crippen LogP contribution >= 0.6 is 15.6 Å². The predicted molar refractivity (Wildman–Crippen MR) is 354 cm³/mol. The molecule has 0 aromatic rings. The second-order valence-corrected chi connectivity index (χ2v) is 28.5. The van der Waals surface area contributed by atoms with Gasteiger partial charge in [-0.1, -0.05) is 298 Å². The summed E-state index contributed by atoms with van der Waals surface area (Å²) < 4.78 is 68.1. The van der Waals surface area contributed by atoms with Gasteiger partial charge < -0.3 is 33.8 Å². The van der Waals surface area contributed by atoms with Crippen LogP contribution in [0.1, 0.15) is 350 Å². The van der Waals surface area contributed by atoms with Gasteiger partial charge in [-0.15, -0.1) is 0 Å². The molecule has 88 heavy (non-hydrogen) atoms. The van der Waals surface area contributed by atoms with Crippen LogP contribution < -0.4 is 0 Å². The third kappa shape index (κ3) is 61.6. The summed E-state index contributed by atoms with van der Waals surface area (Å²) in [5, 5.41) is 10.6. The highest BCUT2D eigenvalue weighted by atomic mass is 31.2. The number of hydrogen-bond donors (Lipinski definition) is 3. The fourth-order valence-corrected chi connectivity index (χ4v) is 12.0. The van der Waals surface area contributed by atoms with Crippen LogP contribution in [0.15, 0.2) is 0 Å². The maximum absolute atomic E-state index is 13.0. The quantitative estimate of drug-likeness (QED) is 0.0222. The molecule has 0 aliphatic rings. The van der Waals surface area contributed by atoms with E-state index in [1.165, 1.54) is 161 Å². The van der Waals surface area contributed by atoms with Crippen molar-refractivity contribution in [1.29, 1.82) is 0 Å². The molecule has 3 unspecified atom stereocenters. The molecule has 0 heterocycles. The first kappa shape index (κ1) is 86.1. The fourth-order valence-electron chi connectivity index (χ4n) is 10.4. The molecule has 17 nitrogen and oxygen atoms in total. The molecule has 0 radical (unpaired) electrons. The number of hydrogen-bond acceptors (Lipinski definition) is 15. The van der Waals surface area contributed by atoms with Gasteiger partial charge in [-0.3, -0.25) is 37.3 Å². The molecule has 6 atom stereocenters. The molecular formula is C69H134O17P2. The predicted octanol–water partition coefficient (Wildman–Crippen LogP) is 19.6. The average molecular weight is 1300 g/mol. The zero-order valence-electron chi connectivity index (χ0n) is 57.0. The monoisotopic (exact) mass is 1300 g/mol. The van der Waals surface area contributed by atoms with Crippen molar-refractivity contribution < 1.29 is 80.2 Å². The van der Waals surface area contributed by atoms with Gasteiger partial charge in [0.05, 0.1) is 26.4 Å². The summed E-state index contributed by atoms with van der Waals surface area (Å²) in [6.45, 7) is 9.54. The SMILES string of the molecule is CCCCCCCCCCCCC(=O)O[C@H](COC(=O)CCCCCCCCCC)COP(=O)(O)OC[C@H](O)COP(=O)(O)OC[C@@H](COC(=O)CCCCCCCCCCCC(C)C)OC(=O)CCCCCCCCCCCCCCCCC(C)CC. The van der Waals surface area contributed by atoms with Crippen molar-refractivity contribution in [2.45, 2.75) is 368 Å². The normalized spacial score (nSPS) is 14.5. The first-order valence-electron chi connectivity index (χ1n) is 36.0. The number of phosphoric acid groups is 2. The number of carbonyl (C=O) groups excluding carboxylic acids is 4. The topological polar surface area (TPSA) is 237 Å². The summed E-state index contributed by atoms with van der Waals surface area (Å²) in [7, 11) is -9.89. The Labute approximate surface area is 537 Å². The zero-order chi connectivity index (χ0) is 65.0. The van der Waals surface area contributed by atoms with Crippen molar-refractivity contribution in [2.75, 3.05) is 39.6 Å². The second kappa shape index (κ2) is 61.3. The number of aliphatic hydroxyl groups is 1. The van der Waals surface area contributed by atoms with E-state index in [2.05, 4.69) is 41.5 Å². The summed E-state index contributed by atoms with van der Waals surface area (Å²) >= 11 is 0. The van der Waals surface area contributed by atoms with Gasteiger partial charge in [0.2, 0.25) is 0 Å². The molecule has 0 aromatic carbocycles. The molecule has 0 fully saturated rings. The van der Waals surface area contributed by atoms with Crippen LogP contribution in [0.25, 0.3) is 0 Å². The van der Waals surface area contributed by atoms with Crippen molar-refractivity contribution in [1.82, 2.24) is 0 Å². The lowest BCUT2D eigenvalue weighted by Crippen LogP contribution is -2.30. The minimum Gasteiger partial charge on any atom is -0.462 e. The molecule has 522 valence electrons. The van der Waals surface area contributed by atoms with Gasteiger partial charge in [0.15, 0.2) is 12.2 Å². The van der Waals surface area contributed by atoms with E-state index in [9.17, 15) is 43.2 Å². The van der Waals surface area contributed by atoms with Crippen molar-refractivity contribution in [2.24, 2.45) is 11.8 Å². The van der Waals surface area contributed by atoms with Gasteiger partial charge in [-0.2, -0.15) is 0 Å². The lowest BCUT2D eigenvalue weighted by molar-refractivity contribution is -0.161. The Bertz CT molecular complexity index is 1720. The van der Waals surface area contributed by atoms with Crippen LogP contribution in [0, 0.1) is 11.8 Å². The third-order valence-electron chi connectivity index (χ3n) is 16.3. The van der Waals surface area contributed by atoms with Crippen LogP contribution in [-0.2, 0) is 65.4 Å². The highest BCUT2D eigenvalue weighted by molar-refractivity contribution is 7.47. The molecule has 0 amide bonds. The van der Waals surface area contributed by atoms with Crippen molar-refractivity contribution in [3.05, 3.63) is 0 Å². The van der Waals surface area contributed by atoms with E-state index in [0.717, 1.165) is 108 Å². The number of rotatable bonds is 68. The van der Waals surface area contributed by atoms with Gasteiger partial charge >= 0.3 is 39.5 Å². The van der Waals surface area contributed by atoms with Gasteiger partial charge in [-0.05, 0) is 37.5 Å². The first-order valence-corrected chi connectivity index (χ1v) is 39.0. The molecule has 3 N–H and O–H groups in total. The van der Waals surface area contributed by atoms with E-state index in [4.69, 9.17) is 37.0 Å². The molecular weight excluding hydrogens is 1160 g/mol. The van der Waals surface area contributed by atoms with Crippen LogP contribution in [0.4, 0.5) is 0 Å². The molecule has 19 heteroatoms. The van der Waals surface area contributed by atoms with E-state index in [1.54, 1.807) is 0 Å². The Kier molecular flexibility index (Phi) is 59.9. The lowest BCUT2D eigenvalue weighted by Gasteiger charge is -2.21. The molecule has 0 bridgehead atoms. The number of phosphoric ester groups is 2. The van der Waals surface area contributed by atoms with Gasteiger partial charge in [0.1, 0.15) is 19.3 Å². The Balaban J connectivity index is 5.20. The standard InChI is InChI=1S/C69H134O17P2/c1-7-10-12-14-16-18-28-35-41-47-53-68(73)85-64(57-79-66(71)51-45-39-33-17-15-13-11-8-2)59-83-87(75,76)81-55-63(70)56-82-88(77,78)84-60-65(58-80-67(72)52-46-40-34-30-25-26-31-37-43-49-61(4)5)86-69(74)54-48-42-36-29-24-22-20-19-21-23-27-32-38-44-50-62(6)9-3/h61-65,70H,7-60H2,1-6H3,(H,75,76)(H,77,78)/t62?,63-,64+,65+/m0/s1. The summed E-state index contributed by atoms with van der Waals surface area (Å²) in [4.78, 5) is 72.4. The fraction of sp³-hybridized carbons (Fsp3) is 0.942. The molecule has 0 aliphatic heterocycles. The van der Waals surface area contributed by atoms with E-state index in [1.807, 2.05) is 0 Å². The molecule has 0 saturated carbocycles. The van der Waals surface area contributed by atoms with Crippen molar-refractivity contribution in [3.8, 4) is 0 Å². The van der Waals surface area contributed by atoms with Gasteiger partial charge in [0.25, 0.3) is 0 Å². The average Bonchev–Trinajstić information content (AvgIpc) is 3.56. The van der Waals surface area contributed by atoms with E-state index in [-0.39, 0.29) is 25.7 Å². The van der Waals surface area contributed by atoms with E-state index in [0.29, 0.717) is 25.7 Å². The largest absolute Gasteiger partial charge is 0.472 e. The third-order valence-corrected chi connectivity index (χ3v) is 18.2. The summed E-state index contributed by atoms with van der Waals surface area (Å²) in [6, 6.07) is 0. The minimum atomic E-state index is -4.95. The van der Waals surface area contributed by atoms with Crippen LogP contribution in [0.3, 0.4) is 0 Å². The summed E-state index contributed by atoms with van der Waals surface area (Å²) in [5.41, 5.74) is 0.